The van der Waals surface area contributed by atoms with Crippen LogP contribution in [-0.4, -0.2) is 11.9 Å². The Kier molecular flexibility index (Phi) is 5.37. The molecule has 1 N–H and O–H groups in total. The number of carboxylic acid groups (broad SMARTS) is 1. The number of amides is 1. The first-order chi connectivity index (χ1) is 12.5. The maximum absolute atomic E-state index is 12.4. The Morgan fingerprint density at radius 1 is 1.00 bits per heavy atom. The fourth-order valence-corrected chi connectivity index (χ4v) is 3.00. The minimum Gasteiger partial charge on any atom is -0.550 e. The molecule has 0 heterocycles. The van der Waals surface area contributed by atoms with Crippen LogP contribution in [0.1, 0.15) is 18.4 Å². The van der Waals surface area contributed by atoms with Gasteiger partial charge in [-0.3, -0.25) is 4.79 Å². The molecule has 0 unspecified atom stereocenters. The molecule has 2 aromatic rings. The molecule has 0 bridgehead atoms. The predicted molar refractivity (Wildman–Crippen MR) is 96.7 cm³/mol. The number of aryl methyl sites for hydroxylation is 1. The smallest absolute Gasteiger partial charge is 0.228 e. The number of nitrogens with one attached hydrogen (secondary N) is 1. The Morgan fingerprint density at radius 3 is 2.31 bits per heavy atom. The van der Waals surface area contributed by atoms with Gasteiger partial charge in [-0.1, -0.05) is 30.4 Å². The van der Waals surface area contributed by atoms with E-state index in [-0.39, 0.29) is 5.91 Å². The molecule has 0 aliphatic heterocycles. The summed E-state index contributed by atoms with van der Waals surface area (Å²) < 4.78 is 5.83. The lowest BCUT2D eigenvalue weighted by Crippen LogP contribution is -2.41. The first-order valence-electron chi connectivity index (χ1n) is 8.55. The van der Waals surface area contributed by atoms with Crippen LogP contribution in [0, 0.1) is 18.8 Å². The second-order valence-electron chi connectivity index (χ2n) is 6.36. The molecule has 134 valence electrons. The summed E-state index contributed by atoms with van der Waals surface area (Å²) in [5, 5.41) is 14.0. The van der Waals surface area contributed by atoms with Crippen molar-refractivity contribution in [3.63, 3.8) is 0 Å². The number of para-hydroxylation sites is 1. The van der Waals surface area contributed by atoms with Gasteiger partial charge in [0.15, 0.2) is 0 Å². The van der Waals surface area contributed by atoms with Gasteiger partial charge in [0, 0.05) is 17.6 Å². The van der Waals surface area contributed by atoms with Crippen molar-refractivity contribution in [2.24, 2.45) is 11.8 Å². The van der Waals surface area contributed by atoms with Gasteiger partial charge in [-0.05, 0) is 55.7 Å². The maximum atomic E-state index is 12.4. The van der Waals surface area contributed by atoms with Gasteiger partial charge in [-0.25, -0.2) is 0 Å². The molecule has 0 aromatic heterocycles. The number of aliphatic carboxylic acids is 1. The van der Waals surface area contributed by atoms with E-state index in [1.165, 1.54) is 0 Å². The van der Waals surface area contributed by atoms with E-state index in [0.29, 0.717) is 24.3 Å². The molecule has 0 radical (unpaired) electrons. The average Bonchev–Trinajstić information content (AvgIpc) is 2.65. The van der Waals surface area contributed by atoms with Crippen molar-refractivity contribution in [3.8, 4) is 11.5 Å². The van der Waals surface area contributed by atoms with Gasteiger partial charge in [-0.15, -0.1) is 0 Å². The molecule has 0 spiro atoms. The predicted octanol–water partition coefficient (Wildman–Crippen LogP) is 3.06. The molecular formula is C21H20NO4-. The zero-order valence-corrected chi connectivity index (χ0v) is 14.5. The lowest BCUT2D eigenvalue weighted by atomic mass is 9.82. The third-order valence-corrected chi connectivity index (χ3v) is 4.52. The Morgan fingerprint density at radius 2 is 1.65 bits per heavy atom. The number of carbonyl (C=O) groups excluding carboxylic acids is 2. The summed E-state index contributed by atoms with van der Waals surface area (Å²) in [5.41, 5.74) is 1.63. The summed E-state index contributed by atoms with van der Waals surface area (Å²) in [5.74, 6) is -1.47. The summed E-state index contributed by atoms with van der Waals surface area (Å²) in [6, 6.07) is 14.7. The Labute approximate surface area is 152 Å². The highest BCUT2D eigenvalue weighted by atomic mass is 16.5. The Bertz CT molecular complexity index is 826. The zero-order chi connectivity index (χ0) is 18.5. The van der Waals surface area contributed by atoms with Crippen LogP contribution in [0.4, 0.5) is 5.69 Å². The molecule has 1 amide bonds. The maximum Gasteiger partial charge on any atom is 0.228 e. The lowest BCUT2D eigenvalue weighted by molar-refractivity contribution is -0.313. The van der Waals surface area contributed by atoms with E-state index in [4.69, 9.17) is 4.74 Å². The van der Waals surface area contributed by atoms with Gasteiger partial charge in [-0.2, -0.15) is 0 Å². The van der Waals surface area contributed by atoms with Crippen LogP contribution < -0.4 is 15.2 Å². The van der Waals surface area contributed by atoms with E-state index < -0.39 is 17.8 Å². The Balaban J connectivity index is 1.65. The van der Waals surface area contributed by atoms with Gasteiger partial charge >= 0.3 is 0 Å². The fraction of sp³-hybridized carbons (Fsp3) is 0.238. The summed E-state index contributed by atoms with van der Waals surface area (Å²) in [7, 11) is 0. The van der Waals surface area contributed by atoms with E-state index in [2.05, 4.69) is 5.32 Å². The number of ether oxygens (including phenoxy) is 1. The van der Waals surface area contributed by atoms with Crippen molar-refractivity contribution < 1.29 is 19.4 Å². The van der Waals surface area contributed by atoms with Crippen LogP contribution in [0.25, 0.3) is 0 Å². The number of anilines is 1. The van der Waals surface area contributed by atoms with Crippen LogP contribution in [0.3, 0.4) is 0 Å². The second-order valence-corrected chi connectivity index (χ2v) is 6.36. The van der Waals surface area contributed by atoms with Crippen molar-refractivity contribution in [2.75, 3.05) is 5.32 Å². The molecule has 1 aliphatic carbocycles. The van der Waals surface area contributed by atoms with Gasteiger partial charge in [0.1, 0.15) is 11.5 Å². The molecule has 1 aliphatic rings. The summed E-state index contributed by atoms with van der Waals surface area (Å²) in [6.07, 6.45) is 4.34. The number of hydrogen-bond acceptors (Lipinski definition) is 4. The molecule has 0 saturated heterocycles. The zero-order valence-electron chi connectivity index (χ0n) is 14.5. The van der Waals surface area contributed by atoms with Crippen molar-refractivity contribution in [3.05, 3.63) is 66.2 Å². The quantitative estimate of drug-likeness (QED) is 0.841. The highest BCUT2D eigenvalue weighted by molar-refractivity contribution is 5.95. The largest absolute Gasteiger partial charge is 0.550 e. The van der Waals surface area contributed by atoms with E-state index >= 15 is 0 Å². The van der Waals surface area contributed by atoms with E-state index in [0.717, 1.165) is 11.3 Å². The van der Waals surface area contributed by atoms with Gasteiger partial charge in [0.25, 0.3) is 0 Å². The van der Waals surface area contributed by atoms with E-state index in [1.807, 2.05) is 37.3 Å². The van der Waals surface area contributed by atoms with E-state index in [1.54, 1.807) is 30.3 Å². The average molecular weight is 350 g/mol. The topological polar surface area (TPSA) is 78.5 Å². The summed E-state index contributed by atoms with van der Waals surface area (Å²) >= 11 is 0. The lowest BCUT2D eigenvalue weighted by Gasteiger charge is -2.28. The van der Waals surface area contributed by atoms with Crippen LogP contribution >= 0.6 is 0 Å². The first-order valence-corrected chi connectivity index (χ1v) is 8.55. The van der Waals surface area contributed by atoms with Crippen molar-refractivity contribution in [1.82, 2.24) is 0 Å². The van der Waals surface area contributed by atoms with E-state index in [9.17, 15) is 14.7 Å². The minimum absolute atomic E-state index is 0.309. The fourth-order valence-electron chi connectivity index (χ4n) is 3.00. The third-order valence-electron chi connectivity index (χ3n) is 4.52. The highest BCUT2D eigenvalue weighted by Crippen LogP contribution is 2.28. The normalized spacial score (nSPS) is 19.0. The molecule has 5 nitrogen and oxygen atoms in total. The number of hydrogen-bond donors (Lipinski definition) is 1. The molecule has 0 fully saturated rings. The minimum atomic E-state index is -1.18. The standard InChI is InChI=1S/C21H21NO4/c1-14-6-2-5-9-19(14)26-16-12-10-15(11-13-16)22-20(23)17-7-3-4-8-18(17)21(24)25/h2-6,9-13,17-18H,7-8H2,1H3,(H,22,23)(H,24,25)/p-1/t17-,18-/m1/s1. The second kappa shape index (κ2) is 7.87. The third kappa shape index (κ3) is 4.11. The van der Waals surface area contributed by atoms with Crippen LogP contribution in [0.15, 0.2) is 60.7 Å². The molecule has 2 atom stereocenters. The highest BCUT2D eigenvalue weighted by Gasteiger charge is 2.29. The number of carboxylic acids is 1. The summed E-state index contributed by atoms with van der Waals surface area (Å²) in [4.78, 5) is 23.7. The Hall–Kier alpha value is -3.08. The number of carbonyl (C=O) groups is 2. The molecule has 3 rings (SSSR count). The van der Waals surface area contributed by atoms with Crippen molar-refractivity contribution >= 4 is 17.6 Å². The molecule has 5 heteroatoms. The van der Waals surface area contributed by atoms with Crippen LogP contribution in [-0.2, 0) is 9.59 Å². The number of benzene rings is 2. The van der Waals surface area contributed by atoms with Gasteiger partial charge in [0.05, 0.1) is 5.92 Å². The molecule has 2 aromatic carbocycles. The molecule has 0 saturated carbocycles. The van der Waals surface area contributed by atoms with Crippen LogP contribution in [0.2, 0.25) is 0 Å². The first kappa shape index (κ1) is 17.7. The van der Waals surface area contributed by atoms with Gasteiger partial charge in [0.2, 0.25) is 5.91 Å². The van der Waals surface area contributed by atoms with Crippen LogP contribution in [0.5, 0.6) is 11.5 Å². The SMILES string of the molecule is Cc1ccccc1Oc1ccc(NC(=O)[C@@H]2CC=CC[C@H]2C(=O)[O-])cc1. The molecular weight excluding hydrogens is 330 g/mol. The summed E-state index contributed by atoms with van der Waals surface area (Å²) in [6.45, 7) is 1.97. The monoisotopic (exact) mass is 350 g/mol. The van der Waals surface area contributed by atoms with Crippen molar-refractivity contribution in [2.45, 2.75) is 19.8 Å². The van der Waals surface area contributed by atoms with Crippen molar-refractivity contribution in [1.29, 1.82) is 0 Å². The number of rotatable bonds is 5. The van der Waals surface area contributed by atoms with Gasteiger partial charge < -0.3 is 20.0 Å². The number of allylic oxidation sites excluding steroid dienone is 2. The molecule has 26 heavy (non-hydrogen) atoms.